The molecule has 4 nitrogen and oxygen atoms in total. The van der Waals surface area contributed by atoms with Crippen molar-refractivity contribution in [1.29, 1.82) is 0 Å². The number of rotatable bonds is 5. The number of carbonyl (C=O) groups is 2. The summed E-state index contributed by atoms with van der Waals surface area (Å²) in [7, 11) is 1.56. The molecule has 0 bridgehead atoms. The molecule has 0 aliphatic rings. The lowest BCUT2D eigenvalue weighted by Crippen LogP contribution is -2.45. The van der Waals surface area contributed by atoms with Crippen LogP contribution >= 0.6 is 0 Å². The molecule has 0 aromatic carbocycles. The van der Waals surface area contributed by atoms with E-state index in [0.29, 0.717) is 6.42 Å². The minimum atomic E-state index is -0.940. The van der Waals surface area contributed by atoms with E-state index in [2.05, 4.69) is 0 Å². The van der Waals surface area contributed by atoms with Gasteiger partial charge in [-0.25, -0.2) is 4.79 Å². The molecule has 88 valence electrons. The van der Waals surface area contributed by atoms with Crippen LogP contribution < -0.4 is 0 Å². The number of amides is 1. The van der Waals surface area contributed by atoms with E-state index in [1.54, 1.807) is 20.9 Å². The van der Waals surface area contributed by atoms with E-state index in [1.165, 1.54) is 4.90 Å². The zero-order valence-corrected chi connectivity index (χ0v) is 10.2. The predicted molar refractivity (Wildman–Crippen MR) is 58.5 cm³/mol. The Morgan fingerprint density at radius 3 is 1.93 bits per heavy atom. The Bertz CT molecular complexity index is 236. The first-order valence-electron chi connectivity index (χ1n) is 5.25. The van der Waals surface area contributed by atoms with Crippen molar-refractivity contribution in [3.63, 3.8) is 0 Å². The first-order chi connectivity index (χ1) is 6.77. The highest BCUT2D eigenvalue weighted by Gasteiger charge is 2.29. The van der Waals surface area contributed by atoms with Gasteiger partial charge in [0.2, 0.25) is 5.91 Å². The third-order valence-electron chi connectivity index (χ3n) is 2.28. The Morgan fingerprint density at radius 1 is 1.20 bits per heavy atom. The topological polar surface area (TPSA) is 57.6 Å². The van der Waals surface area contributed by atoms with Crippen molar-refractivity contribution in [3.05, 3.63) is 0 Å². The van der Waals surface area contributed by atoms with E-state index in [0.717, 1.165) is 0 Å². The van der Waals surface area contributed by atoms with Gasteiger partial charge in [0.15, 0.2) is 0 Å². The Labute approximate surface area is 91.3 Å². The molecule has 0 heterocycles. The monoisotopic (exact) mass is 215 g/mol. The predicted octanol–water partition coefficient (Wildman–Crippen LogP) is 1.60. The van der Waals surface area contributed by atoms with Crippen LogP contribution in [0.3, 0.4) is 0 Å². The smallest absolute Gasteiger partial charge is 0.326 e. The van der Waals surface area contributed by atoms with Crippen LogP contribution in [0.25, 0.3) is 0 Å². The zero-order valence-electron chi connectivity index (χ0n) is 10.2. The second kappa shape index (κ2) is 5.73. The number of aliphatic carboxylic acids is 1. The van der Waals surface area contributed by atoms with Crippen molar-refractivity contribution in [2.24, 2.45) is 11.8 Å². The Balaban J connectivity index is 4.57. The van der Waals surface area contributed by atoms with Gasteiger partial charge in [0.1, 0.15) is 6.04 Å². The van der Waals surface area contributed by atoms with Gasteiger partial charge in [-0.3, -0.25) is 4.79 Å². The Morgan fingerprint density at radius 2 is 1.67 bits per heavy atom. The first kappa shape index (κ1) is 13.9. The lowest BCUT2D eigenvalue weighted by Gasteiger charge is -2.28. The summed E-state index contributed by atoms with van der Waals surface area (Å²) in [5, 5.41) is 9.00. The van der Waals surface area contributed by atoms with Gasteiger partial charge < -0.3 is 10.0 Å². The molecule has 4 heteroatoms. The lowest BCUT2D eigenvalue weighted by atomic mass is 10.0. The van der Waals surface area contributed by atoms with Gasteiger partial charge in [-0.1, -0.05) is 27.7 Å². The van der Waals surface area contributed by atoms with E-state index in [1.807, 2.05) is 13.8 Å². The van der Waals surface area contributed by atoms with Crippen LogP contribution in [0, 0.1) is 11.8 Å². The van der Waals surface area contributed by atoms with Crippen LogP contribution in [-0.2, 0) is 9.59 Å². The summed E-state index contributed by atoms with van der Waals surface area (Å²) in [5.74, 6) is -0.874. The van der Waals surface area contributed by atoms with Crippen molar-refractivity contribution in [1.82, 2.24) is 4.90 Å². The highest BCUT2D eigenvalue weighted by molar-refractivity contribution is 5.83. The summed E-state index contributed by atoms with van der Waals surface area (Å²) in [6.07, 6.45) is 0.396. The minimum absolute atomic E-state index is 0.0800. The summed E-state index contributed by atoms with van der Waals surface area (Å²) in [6, 6.07) is -0.726. The normalized spacial score (nSPS) is 13.0. The molecule has 0 aliphatic carbocycles. The summed E-state index contributed by atoms with van der Waals surface area (Å²) in [6.45, 7) is 7.49. The number of hydrogen-bond donors (Lipinski definition) is 1. The molecule has 0 spiro atoms. The molecule has 1 unspecified atom stereocenters. The standard InChI is InChI=1S/C11H21NO3/c1-7(2)6-9(13)12(5)10(8(3)4)11(14)15/h7-8,10H,6H2,1-5H3,(H,14,15). The highest BCUT2D eigenvalue weighted by atomic mass is 16.4. The van der Waals surface area contributed by atoms with E-state index < -0.39 is 12.0 Å². The Hall–Kier alpha value is -1.06. The average molecular weight is 215 g/mol. The number of carbonyl (C=O) groups excluding carboxylic acids is 1. The first-order valence-corrected chi connectivity index (χ1v) is 5.25. The molecular formula is C11H21NO3. The summed E-state index contributed by atoms with van der Waals surface area (Å²) in [4.78, 5) is 24.0. The van der Waals surface area contributed by atoms with Gasteiger partial charge in [-0.15, -0.1) is 0 Å². The van der Waals surface area contributed by atoms with Gasteiger partial charge in [0, 0.05) is 13.5 Å². The quantitative estimate of drug-likeness (QED) is 0.757. The van der Waals surface area contributed by atoms with Gasteiger partial charge in [0.05, 0.1) is 0 Å². The zero-order chi connectivity index (χ0) is 12.2. The second-order valence-corrected chi connectivity index (χ2v) is 4.63. The third kappa shape index (κ3) is 4.32. The lowest BCUT2D eigenvalue weighted by molar-refractivity contribution is -0.151. The van der Waals surface area contributed by atoms with E-state index in [4.69, 9.17) is 5.11 Å². The maximum Gasteiger partial charge on any atom is 0.326 e. The highest BCUT2D eigenvalue weighted by Crippen LogP contribution is 2.12. The van der Waals surface area contributed by atoms with Crippen molar-refractivity contribution < 1.29 is 14.7 Å². The largest absolute Gasteiger partial charge is 0.480 e. The van der Waals surface area contributed by atoms with Gasteiger partial charge in [-0.2, -0.15) is 0 Å². The van der Waals surface area contributed by atoms with Crippen molar-refractivity contribution in [2.75, 3.05) is 7.05 Å². The molecule has 1 N–H and O–H groups in total. The van der Waals surface area contributed by atoms with Crippen LogP contribution in [0.15, 0.2) is 0 Å². The van der Waals surface area contributed by atoms with Gasteiger partial charge in [0.25, 0.3) is 0 Å². The van der Waals surface area contributed by atoms with Crippen molar-refractivity contribution >= 4 is 11.9 Å². The number of carboxylic acids is 1. The Kier molecular flexibility index (Phi) is 5.33. The van der Waals surface area contributed by atoms with Crippen LogP contribution in [-0.4, -0.2) is 35.0 Å². The molecule has 0 radical (unpaired) electrons. The molecule has 0 rings (SSSR count). The molecule has 0 aliphatic heterocycles. The maximum absolute atomic E-state index is 11.7. The third-order valence-corrected chi connectivity index (χ3v) is 2.28. The van der Waals surface area contributed by atoms with Gasteiger partial charge in [-0.05, 0) is 11.8 Å². The summed E-state index contributed by atoms with van der Waals surface area (Å²) < 4.78 is 0. The number of carboxylic acid groups (broad SMARTS) is 1. The number of likely N-dealkylation sites (N-methyl/N-ethyl adjacent to an activating group) is 1. The molecule has 0 saturated carbocycles. The summed E-state index contributed by atoms with van der Waals surface area (Å²) >= 11 is 0. The summed E-state index contributed by atoms with van der Waals surface area (Å²) in [5.41, 5.74) is 0. The second-order valence-electron chi connectivity index (χ2n) is 4.63. The maximum atomic E-state index is 11.7. The SMILES string of the molecule is CC(C)CC(=O)N(C)C(C(=O)O)C(C)C. The van der Waals surface area contributed by atoms with Gasteiger partial charge >= 0.3 is 5.97 Å². The molecular weight excluding hydrogens is 194 g/mol. The van der Waals surface area contributed by atoms with Crippen LogP contribution in [0.4, 0.5) is 0 Å². The molecule has 0 fully saturated rings. The molecule has 1 amide bonds. The molecule has 1 atom stereocenters. The van der Waals surface area contributed by atoms with Crippen LogP contribution in [0.1, 0.15) is 34.1 Å². The number of hydrogen-bond acceptors (Lipinski definition) is 2. The van der Waals surface area contributed by atoms with Crippen molar-refractivity contribution in [2.45, 2.75) is 40.2 Å². The van der Waals surface area contributed by atoms with Crippen LogP contribution in [0.5, 0.6) is 0 Å². The molecule has 0 aromatic rings. The molecule has 0 saturated heterocycles. The fourth-order valence-electron chi connectivity index (χ4n) is 1.55. The minimum Gasteiger partial charge on any atom is -0.480 e. The van der Waals surface area contributed by atoms with Crippen LogP contribution in [0.2, 0.25) is 0 Å². The van der Waals surface area contributed by atoms with E-state index >= 15 is 0 Å². The fourth-order valence-corrected chi connectivity index (χ4v) is 1.55. The number of nitrogens with zero attached hydrogens (tertiary/aromatic N) is 1. The fraction of sp³-hybridized carbons (Fsp3) is 0.818. The van der Waals surface area contributed by atoms with E-state index in [9.17, 15) is 9.59 Å². The molecule has 0 aromatic heterocycles. The van der Waals surface area contributed by atoms with Crippen molar-refractivity contribution in [3.8, 4) is 0 Å². The van der Waals surface area contributed by atoms with E-state index in [-0.39, 0.29) is 17.7 Å². The average Bonchev–Trinajstić information content (AvgIpc) is 2.00. The molecule has 15 heavy (non-hydrogen) atoms.